The molecule has 5 aromatic rings. The third-order valence-electron chi connectivity index (χ3n) is 6.20. The number of ether oxygens (including phenoxy) is 3. The minimum absolute atomic E-state index is 0.179. The van der Waals surface area contributed by atoms with Gasteiger partial charge in [0, 0.05) is 18.2 Å². The highest BCUT2D eigenvalue weighted by Gasteiger charge is 2.25. The third kappa shape index (κ3) is 5.45. The number of aromatic nitrogens is 2. The Hall–Kier alpha value is -4.89. The Morgan fingerprint density at radius 1 is 0.875 bits per heavy atom. The van der Waals surface area contributed by atoms with Crippen LogP contribution >= 0.6 is 11.3 Å². The molecule has 0 aliphatic carbocycles. The number of hydrogen-bond acceptors (Lipinski definition) is 7. The summed E-state index contributed by atoms with van der Waals surface area (Å²) in [5.74, 6) is 0.736. The average Bonchev–Trinajstić information content (AvgIpc) is 3.62. The van der Waals surface area contributed by atoms with E-state index in [4.69, 9.17) is 19.3 Å². The van der Waals surface area contributed by atoms with E-state index in [1.54, 1.807) is 43.2 Å². The van der Waals surface area contributed by atoms with Gasteiger partial charge in [-0.05, 0) is 66.4 Å². The number of carbonyl (C=O) groups excluding carboxylic acids is 2. The standard InChI is InChI=1S/C31H27N3O5S/c1-19-7-14-24(15-8-19)34-31(39-20(2)35)28(29(33-34)22-11-16-25(37-3)26(18-22)38-4)21-9-12-23(13-10-21)32-30(36)27-6-5-17-40-27/h5-18H,1-4H3,(H,32,36). The number of esters is 1. The second-order valence-electron chi connectivity index (χ2n) is 8.95. The number of aryl methyl sites for hydroxylation is 1. The largest absolute Gasteiger partial charge is 0.493 e. The summed E-state index contributed by atoms with van der Waals surface area (Å²) >= 11 is 1.37. The highest BCUT2D eigenvalue weighted by Crippen LogP contribution is 2.43. The minimum atomic E-state index is -0.479. The van der Waals surface area contributed by atoms with Crippen LogP contribution in [0.5, 0.6) is 17.4 Å². The average molecular weight is 554 g/mol. The summed E-state index contributed by atoms with van der Waals surface area (Å²) in [4.78, 5) is 25.5. The highest BCUT2D eigenvalue weighted by atomic mass is 32.1. The molecule has 0 saturated carbocycles. The van der Waals surface area contributed by atoms with Crippen molar-refractivity contribution < 1.29 is 23.8 Å². The first-order chi connectivity index (χ1) is 19.4. The van der Waals surface area contributed by atoms with E-state index in [1.165, 1.54) is 18.3 Å². The number of anilines is 1. The predicted molar refractivity (Wildman–Crippen MR) is 156 cm³/mol. The Morgan fingerprint density at radius 3 is 2.20 bits per heavy atom. The third-order valence-corrected chi connectivity index (χ3v) is 7.06. The number of nitrogens with zero attached hydrogens (tertiary/aromatic N) is 2. The van der Waals surface area contributed by atoms with Crippen molar-refractivity contribution in [1.29, 1.82) is 0 Å². The molecule has 8 nitrogen and oxygen atoms in total. The summed E-state index contributed by atoms with van der Waals surface area (Å²) in [6, 6.07) is 24.2. The number of hydrogen-bond donors (Lipinski definition) is 1. The SMILES string of the molecule is COc1ccc(-c2nn(-c3ccc(C)cc3)c(OC(C)=O)c2-c2ccc(NC(=O)c3cccs3)cc2)cc1OC. The Labute approximate surface area is 235 Å². The van der Waals surface area contributed by atoms with Crippen LogP contribution in [0.1, 0.15) is 22.2 Å². The van der Waals surface area contributed by atoms with Crippen molar-refractivity contribution in [3.8, 4) is 45.5 Å². The molecule has 0 radical (unpaired) electrons. The van der Waals surface area contributed by atoms with E-state index in [9.17, 15) is 9.59 Å². The Morgan fingerprint density at radius 2 is 1.57 bits per heavy atom. The van der Waals surface area contributed by atoms with Crippen LogP contribution < -0.4 is 19.5 Å². The molecule has 202 valence electrons. The number of thiophene rings is 1. The van der Waals surface area contributed by atoms with E-state index < -0.39 is 5.97 Å². The van der Waals surface area contributed by atoms with E-state index in [0.29, 0.717) is 33.3 Å². The predicted octanol–water partition coefficient (Wildman–Crippen LogP) is 6.77. The van der Waals surface area contributed by atoms with Gasteiger partial charge in [-0.15, -0.1) is 11.3 Å². The second kappa shape index (κ2) is 11.5. The van der Waals surface area contributed by atoms with Gasteiger partial charge in [-0.2, -0.15) is 9.78 Å². The fraction of sp³-hybridized carbons (Fsp3) is 0.129. The van der Waals surface area contributed by atoms with Gasteiger partial charge >= 0.3 is 5.97 Å². The van der Waals surface area contributed by atoms with E-state index in [1.807, 2.05) is 66.9 Å². The van der Waals surface area contributed by atoms with Gasteiger partial charge in [0.15, 0.2) is 11.5 Å². The topological polar surface area (TPSA) is 91.7 Å². The smallest absolute Gasteiger partial charge is 0.309 e. The molecule has 1 amide bonds. The summed E-state index contributed by atoms with van der Waals surface area (Å²) < 4.78 is 18.4. The molecule has 0 spiro atoms. The Balaban J connectivity index is 1.66. The van der Waals surface area contributed by atoms with E-state index in [-0.39, 0.29) is 11.8 Å². The zero-order valence-corrected chi connectivity index (χ0v) is 23.2. The fourth-order valence-electron chi connectivity index (χ4n) is 4.26. The molecule has 0 fully saturated rings. The number of carbonyl (C=O) groups is 2. The molecule has 2 aromatic heterocycles. The first-order valence-corrected chi connectivity index (χ1v) is 13.3. The summed E-state index contributed by atoms with van der Waals surface area (Å²) in [7, 11) is 3.15. The maximum Gasteiger partial charge on any atom is 0.309 e. The molecular weight excluding hydrogens is 526 g/mol. The fourth-order valence-corrected chi connectivity index (χ4v) is 4.88. The zero-order chi connectivity index (χ0) is 28.2. The molecule has 1 N–H and O–H groups in total. The summed E-state index contributed by atoms with van der Waals surface area (Å²) in [5, 5.41) is 9.69. The second-order valence-corrected chi connectivity index (χ2v) is 9.90. The maximum absolute atomic E-state index is 12.5. The van der Waals surface area contributed by atoms with Gasteiger partial charge in [-0.25, -0.2) is 0 Å². The molecule has 2 heterocycles. The first-order valence-electron chi connectivity index (χ1n) is 12.4. The van der Waals surface area contributed by atoms with E-state index >= 15 is 0 Å². The van der Waals surface area contributed by atoms with Gasteiger partial charge in [0.2, 0.25) is 5.88 Å². The summed E-state index contributed by atoms with van der Waals surface area (Å²) in [5.41, 5.74) is 5.12. The molecule has 0 aliphatic rings. The molecule has 0 bridgehead atoms. The van der Waals surface area contributed by atoms with Crippen LogP contribution in [-0.4, -0.2) is 35.9 Å². The molecule has 0 unspecified atom stereocenters. The van der Waals surface area contributed by atoms with Crippen molar-refractivity contribution in [2.75, 3.05) is 19.5 Å². The lowest BCUT2D eigenvalue weighted by molar-refractivity contribution is -0.132. The molecule has 40 heavy (non-hydrogen) atoms. The van der Waals surface area contributed by atoms with Gasteiger partial charge in [0.1, 0.15) is 5.69 Å². The highest BCUT2D eigenvalue weighted by molar-refractivity contribution is 7.12. The van der Waals surface area contributed by atoms with Crippen molar-refractivity contribution in [3.63, 3.8) is 0 Å². The number of methoxy groups -OCH3 is 2. The number of nitrogens with one attached hydrogen (secondary N) is 1. The van der Waals surface area contributed by atoms with Crippen molar-refractivity contribution in [1.82, 2.24) is 9.78 Å². The van der Waals surface area contributed by atoms with Crippen molar-refractivity contribution in [2.45, 2.75) is 13.8 Å². The minimum Gasteiger partial charge on any atom is -0.493 e. The molecule has 5 rings (SSSR count). The molecule has 0 aliphatic heterocycles. The number of benzene rings is 3. The van der Waals surface area contributed by atoms with Gasteiger partial charge < -0.3 is 19.5 Å². The van der Waals surface area contributed by atoms with Crippen LogP contribution in [0, 0.1) is 6.92 Å². The van der Waals surface area contributed by atoms with Crippen molar-refractivity contribution in [3.05, 3.63) is 94.7 Å². The number of rotatable bonds is 8. The van der Waals surface area contributed by atoms with Crippen molar-refractivity contribution >= 4 is 28.9 Å². The number of amides is 1. The van der Waals surface area contributed by atoms with Gasteiger partial charge in [0.05, 0.1) is 30.3 Å². The normalized spacial score (nSPS) is 10.7. The van der Waals surface area contributed by atoms with E-state index in [2.05, 4.69) is 5.32 Å². The van der Waals surface area contributed by atoms with Gasteiger partial charge in [0.25, 0.3) is 5.91 Å². The lowest BCUT2D eigenvalue weighted by atomic mass is 10.0. The van der Waals surface area contributed by atoms with Gasteiger partial charge in [-0.1, -0.05) is 35.9 Å². The summed E-state index contributed by atoms with van der Waals surface area (Å²) in [6.07, 6.45) is 0. The van der Waals surface area contributed by atoms with Gasteiger partial charge in [-0.3, -0.25) is 9.59 Å². The van der Waals surface area contributed by atoms with Crippen LogP contribution in [0.15, 0.2) is 84.2 Å². The van der Waals surface area contributed by atoms with E-state index in [0.717, 1.165) is 22.4 Å². The molecule has 0 saturated heterocycles. The Kier molecular flexibility index (Phi) is 7.65. The van der Waals surface area contributed by atoms with Crippen LogP contribution in [0.2, 0.25) is 0 Å². The quantitative estimate of drug-likeness (QED) is 0.213. The molecule has 9 heteroatoms. The Bertz CT molecular complexity index is 1660. The maximum atomic E-state index is 12.5. The zero-order valence-electron chi connectivity index (χ0n) is 22.4. The van der Waals surface area contributed by atoms with Crippen LogP contribution in [-0.2, 0) is 4.79 Å². The molecular formula is C31H27N3O5S. The van der Waals surface area contributed by atoms with Crippen LogP contribution in [0.4, 0.5) is 5.69 Å². The first kappa shape index (κ1) is 26.7. The monoisotopic (exact) mass is 553 g/mol. The lowest BCUT2D eigenvalue weighted by Crippen LogP contribution is -2.10. The molecule has 3 aromatic carbocycles. The summed E-state index contributed by atoms with van der Waals surface area (Å²) in [6.45, 7) is 3.36. The lowest BCUT2D eigenvalue weighted by Gasteiger charge is -2.11. The van der Waals surface area contributed by atoms with Crippen molar-refractivity contribution in [2.24, 2.45) is 0 Å². The van der Waals surface area contributed by atoms with Crippen LogP contribution in [0.25, 0.3) is 28.1 Å². The molecule has 0 atom stereocenters. The van der Waals surface area contributed by atoms with Crippen LogP contribution in [0.3, 0.4) is 0 Å².